The van der Waals surface area contributed by atoms with Crippen LogP contribution >= 0.6 is 11.6 Å². The van der Waals surface area contributed by atoms with Gasteiger partial charge in [0.25, 0.3) is 5.91 Å². The van der Waals surface area contributed by atoms with E-state index in [0.717, 1.165) is 5.56 Å². The van der Waals surface area contributed by atoms with E-state index < -0.39 is 0 Å². The van der Waals surface area contributed by atoms with E-state index in [1.807, 2.05) is 0 Å². The molecule has 0 aliphatic carbocycles. The topological polar surface area (TPSA) is 44.9 Å². The summed E-state index contributed by atoms with van der Waals surface area (Å²) in [5, 5.41) is 3.21. The van der Waals surface area contributed by atoms with Crippen LogP contribution in [0.1, 0.15) is 21.6 Å². The molecule has 0 radical (unpaired) electrons. The number of hydrogen-bond donors (Lipinski definition) is 2. The maximum absolute atomic E-state index is 13.1. The molecule has 0 bridgehead atoms. The van der Waals surface area contributed by atoms with Crippen molar-refractivity contribution >= 4 is 17.5 Å². The summed E-state index contributed by atoms with van der Waals surface area (Å²) in [4.78, 5) is 14.5. The number of aromatic amines is 1. The van der Waals surface area contributed by atoms with Gasteiger partial charge < -0.3 is 10.3 Å². The molecule has 0 aliphatic heterocycles. The zero-order valence-electron chi connectivity index (χ0n) is 9.76. The highest BCUT2D eigenvalue weighted by Gasteiger charge is 2.07. The zero-order chi connectivity index (χ0) is 13.1. The van der Waals surface area contributed by atoms with Gasteiger partial charge >= 0.3 is 0 Å². The molecule has 0 saturated carbocycles. The number of carbonyl (C=O) groups excluding carboxylic acids is 1. The summed E-state index contributed by atoms with van der Waals surface area (Å²) in [5.41, 5.74) is 1.81. The van der Waals surface area contributed by atoms with Gasteiger partial charge in [0.05, 0.1) is 5.02 Å². The van der Waals surface area contributed by atoms with Gasteiger partial charge in [0.1, 0.15) is 11.5 Å². The third-order valence-corrected chi connectivity index (χ3v) is 2.79. The molecule has 0 saturated heterocycles. The van der Waals surface area contributed by atoms with E-state index in [1.54, 1.807) is 31.3 Å². The molecular formula is C13H12ClFN2O. The van der Waals surface area contributed by atoms with E-state index >= 15 is 0 Å². The standard InChI is InChI=1S/C13H12ClFN2O/c1-8-4-9(2-3-11(8)15)6-17-13(18)12-5-10(14)7-16-12/h2-5,7,16H,6H2,1H3,(H,17,18). The quantitative estimate of drug-likeness (QED) is 0.881. The largest absolute Gasteiger partial charge is 0.356 e. The summed E-state index contributed by atoms with van der Waals surface area (Å²) < 4.78 is 13.1. The number of aromatic nitrogens is 1. The van der Waals surface area contributed by atoms with Crippen LogP contribution in [0.2, 0.25) is 5.02 Å². The number of halogens is 2. The second-order valence-corrected chi connectivity index (χ2v) is 4.43. The summed E-state index contributed by atoms with van der Waals surface area (Å²) in [6.45, 7) is 2.03. The molecule has 0 spiro atoms. The van der Waals surface area contributed by atoms with Gasteiger partial charge in [-0.15, -0.1) is 0 Å². The second kappa shape index (κ2) is 5.23. The van der Waals surface area contributed by atoms with Crippen molar-refractivity contribution in [1.29, 1.82) is 0 Å². The fraction of sp³-hybridized carbons (Fsp3) is 0.154. The van der Waals surface area contributed by atoms with Crippen molar-refractivity contribution in [1.82, 2.24) is 10.3 Å². The Kier molecular flexibility index (Phi) is 3.67. The third kappa shape index (κ3) is 2.90. The molecule has 3 nitrogen and oxygen atoms in total. The van der Waals surface area contributed by atoms with Gasteiger partial charge in [-0.25, -0.2) is 4.39 Å². The Morgan fingerprint density at radius 1 is 1.44 bits per heavy atom. The van der Waals surface area contributed by atoms with Crippen LogP contribution in [0.5, 0.6) is 0 Å². The molecule has 1 aromatic heterocycles. The highest BCUT2D eigenvalue weighted by molar-refractivity contribution is 6.30. The van der Waals surface area contributed by atoms with Crippen molar-refractivity contribution in [2.45, 2.75) is 13.5 Å². The highest BCUT2D eigenvalue weighted by atomic mass is 35.5. The summed E-state index contributed by atoms with van der Waals surface area (Å²) in [6, 6.07) is 6.29. The van der Waals surface area contributed by atoms with Crippen LogP contribution in [0.4, 0.5) is 4.39 Å². The summed E-state index contributed by atoms with van der Waals surface area (Å²) in [5.74, 6) is -0.495. The number of amides is 1. The second-order valence-electron chi connectivity index (χ2n) is 4.00. The van der Waals surface area contributed by atoms with Gasteiger partial charge in [-0.05, 0) is 30.2 Å². The number of benzene rings is 1. The van der Waals surface area contributed by atoms with E-state index in [1.165, 1.54) is 6.07 Å². The minimum atomic E-state index is -0.249. The molecule has 5 heteroatoms. The van der Waals surface area contributed by atoms with Crippen molar-refractivity contribution in [3.8, 4) is 0 Å². The van der Waals surface area contributed by atoms with Crippen LogP contribution < -0.4 is 5.32 Å². The predicted molar refractivity (Wildman–Crippen MR) is 68.1 cm³/mol. The molecule has 2 aromatic rings. The van der Waals surface area contributed by atoms with E-state index in [9.17, 15) is 9.18 Å². The van der Waals surface area contributed by atoms with Crippen molar-refractivity contribution in [3.05, 3.63) is 58.1 Å². The fourth-order valence-electron chi connectivity index (χ4n) is 1.59. The third-order valence-electron chi connectivity index (χ3n) is 2.57. The molecule has 0 fully saturated rings. The first-order chi connectivity index (χ1) is 8.56. The van der Waals surface area contributed by atoms with Crippen LogP contribution in [0.3, 0.4) is 0 Å². The van der Waals surface area contributed by atoms with Crippen molar-refractivity contribution in [2.75, 3.05) is 0 Å². The monoisotopic (exact) mass is 266 g/mol. The van der Waals surface area contributed by atoms with Crippen molar-refractivity contribution in [2.24, 2.45) is 0 Å². The first-order valence-corrected chi connectivity index (χ1v) is 5.81. The first-order valence-electron chi connectivity index (χ1n) is 5.43. The van der Waals surface area contributed by atoms with E-state index in [0.29, 0.717) is 22.8 Å². The number of nitrogens with one attached hydrogen (secondary N) is 2. The van der Waals surface area contributed by atoms with Crippen LogP contribution in [-0.4, -0.2) is 10.9 Å². The Balaban J connectivity index is 1.99. The molecule has 2 N–H and O–H groups in total. The van der Waals surface area contributed by atoms with Gasteiger partial charge in [-0.1, -0.05) is 23.7 Å². The van der Waals surface area contributed by atoms with Gasteiger partial charge in [-0.2, -0.15) is 0 Å². The Morgan fingerprint density at radius 3 is 2.83 bits per heavy atom. The van der Waals surface area contributed by atoms with E-state index in [2.05, 4.69) is 10.3 Å². The Morgan fingerprint density at radius 2 is 2.22 bits per heavy atom. The Hall–Kier alpha value is -1.81. The Labute approximate surface area is 109 Å². The molecule has 0 atom stereocenters. The van der Waals surface area contributed by atoms with E-state index in [4.69, 9.17) is 11.6 Å². The number of aryl methyl sites for hydroxylation is 1. The molecule has 1 heterocycles. The number of rotatable bonds is 3. The smallest absolute Gasteiger partial charge is 0.268 e. The van der Waals surface area contributed by atoms with Gasteiger partial charge in [0.2, 0.25) is 0 Å². The molecule has 18 heavy (non-hydrogen) atoms. The zero-order valence-corrected chi connectivity index (χ0v) is 10.5. The van der Waals surface area contributed by atoms with Gasteiger partial charge in [0.15, 0.2) is 0 Å². The number of hydrogen-bond acceptors (Lipinski definition) is 1. The molecule has 1 aromatic carbocycles. The van der Waals surface area contributed by atoms with Crippen molar-refractivity contribution in [3.63, 3.8) is 0 Å². The summed E-state index contributed by atoms with van der Waals surface area (Å²) in [6.07, 6.45) is 1.54. The lowest BCUT2D eigenvalue weighted by Gasteiger charge is -2.05. The first kappa shape index (κ1) is 12.6. The van der Waals surface area contributed by atoms with Gasteiger partial charge in [-0.3, -0.25) is 4.79 Å². The lowest BCUT2D eigenvalue weighted by molar-refractivity contribution is 0.0946. The molecule has 1 amide bonds. The maximum atomic E-state index is 13.1. The Bertz CT molecular complexity index is 580. The van der Waals surface area contributed by atoms with Crippen LogP contribution in [0.15, 0.2) is 30.5 Å². The number of carbonyl (C=O) groups is 1. The lowest BCUT2D eigenvalue weighted by atomic mass is 10.1. The average Bonchev–Trinajstić information content (AvgIpc) is 2.77. The fourth-order valence-corrected chi connectivity index (χ4v) is 1.76. The molecule has 94 valence electrons. The minimum absolute atomic E-state index is 0.246. The van der Waals surface area contributed by atoms with Crippen molar-refractivity contribution < 1.29 is 9.18 Å². The van der Waals surface area contributed by atoms with Crippen LogP contribution in [-0.2, 0) is 6.54 Å². The van der Waals surface area contributed by atoms with Crippen LogP contribution in [0, 0.1) is 12.7 Å². The average molecular weight is 267 g/mol. The molecular weight excluding hydrogens is 255 g/mol. The number of H-pyrrole nitrogens is 1. The predicted octanol–water partition coefficient (Wildman–Crippen LogP) is 3.05. The molecule has 0 unspecified atom stereocenters. The van der Waals surface area contributed by atoms with Crippen LogP contribution in [0.25, 0.3) is 0 Å². The van der Waals surface area contributed by atoms with E-state index in [-0.39, 0.29) is 11.7 Å². The summed E-state index contributed by atoms with van der Waals surface area (Å²) >= 11 is 5.71. The summed E-state index contributed by atoms with van der Waals surface area (Å²) in [7, 11) is 0. The SMILES string of the molecule is Cc1cc(CNC(=O)c2cc(Cl)c[nH]2)ccc1F. The molecule has 0 aliphatic rings. The molecule has 2 rings (SSSR count). The highest BCUT2D eigenvalue weighted by Crippen LogP contribution is 2.11. The van der Waals surface area contributed by atoms with Gasteiger partial charge in [0, 0.05) is 12.7 Å². The minimum Gasteiger partial charge on any atom is -0.356 e. The lowest BCUT2D eigenvalue weighted by Crippen LogP contribution is -2.23. The normalized spacial score (nSPS) is 10.4. The maximum Gasteiger partial charge on any atom is 0.268 e.